The maximum Gasteiger partial charge on any atom is 0.0466 e. The standard InChI is InChI=1S/C11H24O2/c1-5-13-8-6-7-10(9-12)11(2,3)4/h10,12H,5-9H2,1-4H3. The Labute approximate surface area is 82.3 Å². The van der Waals surface area contributed by atoms with E-state index in [4.69, 9.17) is 4.74 Å². The Balaban J connectivity index is 3.61. The van der Waals surface area contributed by atoms with Crippen molar-refractivity contribution in [1.82, 2.24) is 0 Å². The van der Waals surface area contributed by atoms with Crippen LogP contribution in [-0.4, -0.2) is 24.9 Å². The van der Waals surface area contributed by atoms with Crippen molar-refractivity contribution < 1.29 is 9.84 Å². The lowest BCUT2D eigenvalue weighted by Gasteiger charge is -2.28. The first-order valence-corrected chi connectivity index (χ1v) is 5.21. The van der Waals surface area contributed by atoms with Gasteiger partial charge >= 0.3 is 0 Å². The summed E-state index contributed by atoms with van der Waals surface area (Å²) in [4.78, 5) is 0. The number of aliphatic hydroxyl groups excluding tert-OH is 1. The van der Waals surface area contributed by atoms with Gasteiger partial charge in [-0.25, -0.2) is 0 Å². The molecule has 80 valence electrons. The molecule has 0 aromatic rings. The number of ether oxygens (including phenoxy) is 1. The van der Waals surface area contributed by atoms with Crippen molar-refractivity contribution in [2.24, 2.45) is 11.3 Å². The molecule has 0 aliphatic heterocycles. The van der Waals surface area contributed by atoms with Gasteiger partial charge in [0.25, 0.3) is 0 Å². The molecule has 1 atom stereocenters. The maximum atomic E-state index is 9.18. The molecule has 0 rings (SSSR count). The second-order valence-electron chi connectivity index (χ2n) is 4.58. The van der Waals surface area contributed by atoms with E-state index < -0.39 is 0 Å². The quantitative estimate of drug-likeness (QED) is 0.649. The second kappa shape index (κ2) is 6.39. The zero-order valence-electron chi connectivity index (χ0n) is 9.47. The lowest BCUT2D eigenvalue weighted by Crippen LogP contribution is -2.24. The third-order valence-electron chi connectivity index (χ3n) is 2.49. The van der Waals surface area contributed by atoms with E-state index in [2.05, 4.69) is 20.8 Å². The number of hydrogen-bond donors (Lipinski definition) is 1. The van der Waals surface area contributed by atoms with Gasteiger partial charge in [-0.3, -0.25) is 0 Å². The first kappa shape index (κ1) is 12.9. The molecule has 0 saturated carbocycles. The second-order valence-corrected chi connectivity index (χ2v) is 4.58. The van der Waals surface area contributed by atoms with Gasteiger partial charge in [-0.05, 0) is 31.1 Å². The Morgan fingerprint density at radius 2 is 1.92 bits per heavy atom. The van der Waals surface area contributed by atoms with Crippen LogP contribution < -0.4 is 0 Å². The van der Waals surface area contributed by atoms with E-state index in [-0.39, 0.29) is 12.0 Å². The fourth-order valence-electron chi connectivity index (χ4n) is 1.37. The van der Waals surface area contributed by atoms with Crippen LogP contribution in [0.3, 0.4) is 0 Å². The van der Waals surface area contributed by atoms with E-state index in [1.807, 2.05) is 6.92 Å². The van der Waals surface area contributed by atoms with Crippen LogP contribution in [0, 0.1) is 11.3 Å². The van der Waals surface area contributed by atoms with Gasteiger partial charge in [0.1, 0.15) is 0 Å². The smallest absolute Gasteiger partial charge is 0.0466 e. The Morgan fingerprint density at radius 1 is 1.31 bits per heavy atom. The largest absolute Gasteiger partial charge is 0.396 e. The first-order chi connectivity index (χ1) is 6.02. The topological polar surface area (TPSA) is 29.5 Å². The highest BCUT2D eigenvalue weighted by atomic mass is 16.5. The molecule has 1 N–H and O–H groups in total. The molecule has 0 fully saturated rings. The minimum atomic E-state index is 0.209. The summed E-state index contributed by atoms with van der Waals surface area (Å²) in [6, 6.07) is 0. The predicted octanol–water partition coefficient (Wildman–Crippen LogP) is 2.46. The van der Waals surface area contributed by atoms with Gasteiger partial charge < -0.3 is 9.84 Å². The lowest BCUT2D eigenvalue weighted by molar-refractivity contribution is 0.0972. The zero-order chi connectivity index (χ0) is 10.3. The summed E-state index contributed by atoms with van der Waals surface area (Å²) in [5.41, 5.74) is 0.209. The molecular formula is C11H24O2. The third kappa shape index (κ3) is 6.05. The number of rotatable bonds is 6. The minimum Gasteiger partial charge on any atom is -0.396 e. The molecule has 1 unspecified atom stereocenters. The molecular weight excluding hydrogens is 164 g/mol. The normalized spacial score (nSPS) is 14.5. The molecule has 0 aromatic carbocycles. The van der Waals surface area contributed by atoms with Crippen LogP contribution >= 0.6 is 0 Å². The molecule has 0 aliphatic rings. The van der Waals surface area contributed by atoms with Crippen molar-refractivity contribution >= 4 is 0 Å². The van der Waals surface area contributed by atoms with Gasteiger partial charge in [-0.1, -0.05) is 20.8 Å². The zero-order valence-corrected chi connectivity index (χ0v) is 9.47. The van der Waals surface area contributed by atoms with Gasteiger partial charge in [0.05, 0.1) is 0 Å². The molecule has 0 amide bonds. The SMILES string of the molecule is CCOCCCC(CO)C(C)(C)C. The van der Waals surface area contributed by atoms with Gasteiger partial charge in [0, 0.05) is 19.8 Å². The van der Waals surface area contributed by atoms with Crippen LogP contribution in [0.5, 0.6) is 0 Å². The summed E-state index contributed by atoms with van der Waals surface area (Å²) >= 11 is 0. The van der Waals surface area contributed by atoms with E-state index in [1.54, 1.807) is 0 Å². The molecule has 0 saturated heterocycles. The van der Waals surface area contributed by atoms with Crippen LogP contribution in [0.25, 0.3) is 0 Å². The van der Waals surface area contributed by atoms with E-state index in [0.29, 0.717) is 5.92 Å². The van der Waals surface area contributed by atoms with E-state index in [1.165, 1.54) is 0 Å². The highest BCUT2D eigenvalue weighted by molar-refractivity contribution is 4.72. The molecule has 2 heteroatoms. The van der Waals surface area contributed by atoms with Gasteiger partial charge in [0.2, 0.25) is 0 Å². The molecule has 0 aromatic heterocycles. The number of hydrogen-bond acceptors (Lipinski definition) is 2. The molecule has 0 spiro atoms. The van der Waals surface area contributed by atoms with E-state index in [0.717, 1.165) is 26.1 Å². The van der Waals surface area contributed by atoms with Crippen molar-refractivity contribution in [3.63, 3.8) is 0 Å². The monoisotopic (exact) mass is 188 g/mol. The Hall–Kier alpha value is -0.0800. The van der Waals surface area contributed by atoms with Crippen molar-refractivity contribution in [2.75, 3.05) is 19.8 Å². The minimum absolute atomic E-state index is 0.209. The Kier molecular flexibility index (Phi) is 6.35. The average molecular weight is 188 g/mol. The lowest BCUT2D eigenvalue weighted by atomic mass is 9.79. The van der Waals surface area contributed by atoms with Crippen molar-refractivity contribution in [1.29, 1.82) is 0 Å². The number of aliphatic hydroxyl groups is 1. The molecule has 0 aliphatic carbocycles. The summed E-state index contributed by atoms with van der Waals surface area (Å²) in [7, 11) is 0. The molecule has 13 heavy (non-hydrogen) atoms. The predicted molar refractivity (Wildman–Crippen MR) is 55.8 cm³/mol. The summed E-state index contributed by atoms with van der Waals surface area (Å²) in [5, 5.41) is 9.18. The summed E-state index contributed by atoms with van der Waals surface area (Å²) in [6.45, 7) is 10.4. The fourth-order valence-corrected chi connectivity index (χ4v) is 1.37. The fraction of sp³-hybridized carbons (Fsp3) is 1.00. The van der Waals surface area contributed by atoms with Crippen molar-refractivity contribution in [2.45, 2.75) is 40.5 Å². The van der Waals surface area contributed by atoms with Crippen LogP contribution in [0.4, 0.5) is 0 Å². The highest BCUT2D eigenvalue weighted by Gasteiger charge is 2.22. The summed E-state index contributed by atoms with van der Waals surface area (Å²) in [6.07, 6.45) is 2.11. The van der Waals surface area contributed by atoms with Gasteiger partial charge in [-0.15, -0.1) is 0 Å². The Morgan fingerprint density at radius 3 is 2.31 bits per heavy atom. The van der Waals surface area contributed by atoms with Crippen LogP contribution in [0.15, 0.2) is 0 Å². The van der Waals surface area contributed by atoms with Crippen molar-refractivity contribution in [3.8, 4) is 0 Å². The first-order valence-electron chi connectivity index (χ1n) is 5.21. The van der Waals surface area contributed by atoms with Crippen LogP contribution in [-0.2, 0) is 4.74 Å². The molecule has 0 heterocycles. The third-order valence-corrected chi connectivity index (χ3v) is 2.49. The van der Waals surface area contributed by atoms with Crippen molar-refractivity contribution in [3.05, 3.63) is 0 Å². The van der Waals surface area contributed by atoms with E-state index in [9.17, 15) is 5.11 Å². The molecule has 2 nitrogen and oxygen atoms in total. The summed E-state index contributed by atoms with van der Waals surface area (Å²) in [5.74, 6) is 0.396. The molecule has 0 bridgehead atoms. The maximum absolute atomic E-state index is 9.18. The van der Waals surface area contributed by atoms with Crippen LogP contribution in [0.1, 0.15) is 40.5 Å². The van der Waals surface area contributed by atoms with E-state index >= 15 is 0 Å². The molecule has 0 radical (unpaired) electrons. The van der Waals surface area contributed by atoms with Gasteiger partial charge in [-0.2, -0.15) is 0 Å². The van der Waals surface area contributed by atoms with Crippen LogP contribution in [0.2, 0.25) is 0 Å². The highest BCUT2D eigenvalue weighted by Crippen LogP contribution is 2.28. The Bertz CT molecular complexity index is 116. The summed E-state index contributed by atoms with van der Waals surface area (Å²) < 4.78 is 5.26. The van der Waals surface area contributed by atoms with Gasteiger partial charge in [0.15, 0.2) is 0 Å². The average Bonchev–Trinajstić information content (AvgIpc) is 2.02.